The van der Waals surface area contributed by atoms with E-state index in [2.05, 4.69) is 47.8 Å². The molecular weight excluding hydrogens is 810 g/mol. The van der Waals surface area contributed by atoms with Crippen molar-refractivity contribution in [3.05, 3.63) is 129 Å². The van der Waals surface area contributed by atoms with Crippen LogP contribution in [0.2, 0.25) is 0 Å². The molecular formula is C45H46FN11O4S. The van der Waals surface area contributed by atoms with Crippen LogP contribution in [0.3, 0.4) is 0 Å². The molecule has 1 saturated carbocycles. The highest BCUT2D eigenvalue weighted by atomic mass is 32.2. The molecule has 4 aromatic heterocycles. The van der Waals surface area contributed by atoms with Crippen molar-refractivity contribution in [1.82, 2.24) is 49.0 Å². The Bertz CT molecular complexity index is 3080. The number of amides is 1. The van der Waals surface area contributed by atoms with E-state index >= 15 is 9.18 Å². The third kappa shape index (κ3) is 6.02. The fourth-order valence-corrected chi connectivity index (χ4v) is 12.0. The smallest absolute Gasteiger partial charge is 0.338 e. The number of hydrogen-bond acceptors (Lipinski definition) is 9. The number of imidazole rings is 1. The van der Waals surface area contributed by atoms with Crippen molar-refractivity contribution in [2.75, 3.05) is 32.1 Å². The number of tetrazole rings is 1. The standard InChI is InChI=1S/C45H46FN11O4S/c1-27-23-34(24-28(2)40(27)46)57-41(55-19-18-54(44(55)59)33-6-8-35(9-7-33)62(60)22-4-16-47-62)39-29(3)53(17-11-36(39)50-57)42(58)38-26-32-25-31(30-12-20-61-21-13-30)5-10-37(32)56(38)45(14-15-45)43-48-51-52-49-43/h5-10,18-19,23-26,29-30H,4,11-17,20-22H2,1-3H3,(H,48,49,51,52)/t29-,62+/m0/s1. The number of aromatic amines is 1. The average Bonchev–Trinajstić information content (AvgIpc) is 3.88. The van der Waals surface area contributed by atoms with Gasteiger partial charge in [-0.25, -0.2) is 22.4 Å². The number of aryl methyl sites for hydroxylation is 2. The summed E-state index contributed by atoms with van der Waals surface area (Å²) in [7, 11) is -2.45. The summed E-state index contributed by atoms with van der Waals surface area (Å²) >= 11 is 0. The molecule has 7 aromatic rings. The van der Waals surface area contributed by atoms with Gasteiger partial charge in [0.15, 0.2) is 5.82 Å². The fraction of sp³-hybridized carbons (Fsp3) is 0.378. The van der Waals surface area contributed by atoms with Gasteiger partial charge in [0.05, 0.1) is 32.8 Å². The molecule has 11 rings (SSSR count). The third-order valence-electron chi connectivity index (χ3n) is 13.4. The molecule has 15 nitrogen and oxygen atoms in total. The van der Waals surface area contributed by atoms with Gasteiger partial charge in [-0.15, -0.1) is 10.2 Å². The normalized spacial score (nSPS) is 21.0. The second-order valence-corrected chi connectivity index (χ2v) is 19.5. The molecule has 62 heavy (non-hydrogen) atoms. The molecule has 0 spiro atoms. The van der Waals surface area contributed by atoms with Crippen LogP contribution in [0.15, 0.2) is 87.1 Å². The number of halogens is 1. The molecule has 7 heterocycles. The second-order valence-electron chi connectivity index (χ2n) is 17.1. The highest BCUT2D eigenvalue weighted by Gasteiger charge is 2.53. The Morgan fingerprint density at radius 1 is 0.968 bits per heavy atom. The zero-order valence-electron chi connectivity index (χ0n) is 34.8. The van der Waals surface area contributed by atoms with E-state index in [1.54, 1.807) is 71.9 Å². The maximum absolute atomic E-state index is 15.3. The summed E-state index contributed by atoms with van der Waals surface area (Å²) in [6.07, 6.45) is 8.01. The predicted octanol–water partition coefficient (Wildman–Crippen LogP) is 6.46. The minimum Gasteiger partial charge on any atom is -0.381 e. The van der Waals surface area contributed by atoms with Gasteiger partial charge in [0.2, 0.25) is 0 Å². The molecule has 1 N–H and O–H groups in total. The van der Waals surface area contributed by atoms with Gasteiger partial charge in [-0.05, 0) is 130 Å². The number of ether oxygens (including phenoxy) is 1. The van der Waals surface area contributed by atoms with Crippen molar-refractivity contribution < 1.29 is 18.1 Å². The van der Waals surface area contributed by atoms with Crippen LogP contribution in [-0.2, 0) is 26.4 Å². The first-order chi connectivity index (χ1) is 30.0. The Balaban J connectivity index is 1.03. The van der Waals surface area contributed by atoms with E-state index in [1.807, 2.05) is 17.9 Å². The number of carbonyl (C=O) groups excluding carboxylic acids is 1. The Labute approximate surface area is 356 Å². The van der Waals surface area contributed by atoms with Gasteiger partial charge in [-0.1, -0.05) is 11.3 Å². The van der Waals surface area contributed by atoms with E-state index < -0.39 is 21.3 Å². The summed E-state index contributed by atoms with van der Waals surface area (Å²) in [5, 5.41) is 21.4. The Morgan fingerprint density at radius 2 is 1.73 bits per heavy atom. The van der Waals surface area contributed by atoms with E-state index in [-0.39, 0.29) is 17.4 Å². The lowest BCUT2D eigenvalue weighted by atomic mass is 9.91. The van der Waals surface area contributed by atoms with Crippen molar-refractivity contribution in [1.29, 1.82) is 0 Å². The van der Waals surface area contributed by atoms with Crippen molar-refractivity contribution in [3.8, 4) is 17.2 Å². The van der Waals surface area contributed by atoms with Crippen molar-refractivity contribution >= 4 is 26.5 Å². The molecule has 0 unspecified atom stereocenters. The first-order valence-corrected chi connectivity index (χ1v) is 23.0. The fourth-order valence-electron chi connectivity index (χ4n) is 9.98. The Morgan fingerprint density at radius 3 is 2.42 bits per heavy atom. The summed E-state index contributed by atoms with van der Waals surface area (Å²) in [5.74, 6) is 1.45. The van der Waals surface area contributed by atoms with Gasteiger partial charge in [0, 0.05) is 72.2 Å². The van der Waals surface area contributed by atoms with Gasteiger partial charge in [-0.3, -0.25) is 13.9 Å². The molecule has 4 aliphatic rings. The average molecular weight is 856 g/mol. The second kappa shape index (κ2) is 14.4. The number of rotatable bonds is 8. The van der Waals surface area contributed by atoms with Crippen LogP contribution < -0.4 is 5.69 Å². The number of aromatic nitrogens is 9. The molecule has 2 atom stereocenters. The molecule has 2 fully saturated rings. The van der Waals surface area contributed by atoms with E-state index in [0.29, 0.717) is 75.9 Å². The number of hydrogen-bond donors (Lipinski definition) is 1. The molecule has 3 aliphatic heterocycles. The monoisotopic (exact) mass is 855 g/mol. The van der Waals surface area contributed by atoms with Gasteiger partial charge < -0.3 is 14.2 Å². The van der Waals surface area contributed by atoms with Gasteiger partial charge in [0.1, 0.15) is 22.9 Å². The van der Waals surface area contributed by atoms with E-state index in [4.69, 9.17) is 9.84 Å². The SMILES string of the molecule is Cc1cc(-n2nc3c(c2-n2ccn(-c4ccc([S@@]5(=O)=NCCC5)cc4)c2=O)[C@H](C)N(C(=O)c2cc4cc(C5CCOCC5)ccc4n2C2(c4nn[nH]n4)CC2)CC3)cc(C)c1F. The van der Waals surface area contributed by atoms with E-state index in [9.17, 15) is 9.00 Å². The molecule has 1 amide bonds. The molecule has 318 valence electrons. The number of H-pyrrole nitrogens is 1. The van der Waals surface area contributed by atoms with E-state index in [1.165, 1.54) is 10.1 Å². The van der Waals surface area contributed by atoms with Gasteiger partial charge in [-0.2, -0.15) is 10.3 Å². The summed E-state index contributed by atoms with van der Waals surface area (Å²) in [4.78, 5) is 32.5. The Kier molecular flexibility index (Phi) is 9.02. The van der Waals surface area contributed by atoms with Crippen LogP contribution in [0.5, 0.6) is 0 Å². The van der Waals surface area contributed by atoms with E-state index in [0.717, 1.165) is 67.5 Å². The molecule has 1 aliphatic carbocycles. The molecule has 1 saturated heterocycles. The zero-order chi connectivity index (χ0) is 42.5. The summed E-state index contributed by atoms with van der Waals surface area (Å²) in [6, 6.07) is 18.6. The van der Waals surface area contributed by atoms with Crippen molar-refractivity contribution in [3.63, 3.8) is 0 Å². The lowest BCUT2D eigenvalue weighted by Crippen LogP contribution is -2.41. The summed E-state index contributed by atoms with van der Waals surface area (Å²) < 4.78 is 45.4. The van der Waals surface area contributed by atoms with Crippen LogP contribution in [0, 0.1) is 19.7 Å². The summed E-state index contributed by atoms with van der Waals surface area (Å²) in [5.41, 5.74) is 5.26. The molecule has 17 heteroatoms. The first kappa shape index (κ1) is 38.7. The molecule has 0 radical (unpaired) electrons. The molecule has 3 aromatic carbocycles. The van der Waals surface area contributed by atoms with Crippen LogP contribution in [0.4, 0.5) is 4.39 Å². The van der Waals surface area contributed by atoms with Crippen molar-refractivity contribution in [2.24, 2.45) is 4.36 Å². The van der Waals surface area contributed by atoms with Crippen molar-refractivity contribution in [2.45, 2.75) is 81.7 Å². The van der Waals surface area contributed by atoms with Crippen LogP contribution in [0.25, 0.3) is 28.1 Å². The Hall–Kier alpha value is -6.20. The minimum atomic E-state index is -2.45. The third-order valence-corrected chi connectivity index (χ3v) is 15.8. The zero-order valence-corrected chi connectivity index (χ0v) is 35.6. The quantitative estimate of drug-likeness (QED) is 0.182. The lowest BCUT2D eigenvalue weighted by molar-refractivity contribution is 0.0664. The number of nitrogens with zero attached hydrogens (tertiary/aromatic N) is 10. The minimum absolute atomic E-state index is 0.161. The maximum Gasteiger partial charge on any atom is 0.338 e. The highest BCUT2D eigenvalue weighted by Crippen LogP contribution is 2.51. The highest BCUT2D eigenvalue weighted by molar-refractivity contribution is 7.93. The lowest BCUT2D eigenvalue weighted by Gasteiger charge is -2.34. The van der Waals surface area contributed by atoms with Crippen LogP contribution in [-0.4, -0.2) is 91.2 Å². The van der Waals surface area contributed by atoms with Crippen LogP contribution >= 0.6 is 0 Å². The topological polar surface area (TPSA) is 163 Å². The number of nitrogens with one attached hydrogen (secondary N) is 1. The van der Waals surface area contributed by atoms with Crippen LogP contribution in [0.1, 0.15) is 95.2 Å². The molecule has 0 bridgehead atoms. The summed E-state index contributed by atoms with van der Waals surface area (Å²) in [6.45, 7) is 7.82. The maximum atomic E-state index is 15.3. The first-order valence-electron chi connectivity index (χ1n) is 21.3. The largest absolute Gasteiger partial charge is 0.381 e. The predicted molar refractivity (Wildman–Crippen MR) is 229 cm³/mol. The number of benzene rings is 3. The number of fused-ring (bicyclic) bond motifs is 2. The van der Waals surface area contributed by atoms with Gasteiger partial charge in [0.25, 0.3) is 5.91 Å². The number of carbonyl (C=O) groups is 1. The van der Waals surface area contributed by atoms with Gasteiger partial charge >= 0.3 is 5.69 Å².